The number of imidazole rings is 4. The first-order chi connectivity index (χ1) is 50.8. The zero-order chi connectivity index (χ0) is 78.8. The lowest BCUT2D eigenvalue weighted by Crippen LogP contribution is -2.49. The maximum atomic E-state index is 12.7. The van der Waals surface area contributed by atoms with Crippen LogP contribution in [0.2, 0.25) is 0 Å². The van der Waals surface area contributed by atoms with E-state index in [2.05, 4.69) is 76.0 Å². The first kappa shape index (κ1) is 115. The van der Waals surface area contributed by atoms with Gasteiger partial charge in [0.05, 0.1) is 159 Å². The molecule has 0 fully saturated rings. The number of carbonyl (C=O) groups excluding carboxylic acids is 6. The Morgan fingerprint density at radius 3 is 1.10 bits per heavy atom. The van der Waals surface area contributed by atoms with Gasteiger partial charge in [0, 0.05) is 143 Å². The molecule has 0 saturated carbocycles. The first-order valence-electron chi connectivity index (χ1n) is 32.7. The van der Waals surface area contributed by atoms with Gasteiger partial charge in [0.25, 0.3) is 0 Å². The molecule has 0 aliphatic heterocycles. The van der Waals surface area contributed by atoms with Crippen LogP contribution in [-0.4, -0.2) is 361 Å². The van der Waals surface area contributed by atoms with Gasteiger partial charge in [-0.25, -0.2) is 34.3 Å². The summed E-state index contributed by atoms with van der Waals surface area (Å²) in [5.41, 5.74) is 8.53. The Labute approximate surface area is 666 Å². The predicted molar refractivity (Wildman–Crippen MR) is 417 cm³/mol. The minimum absolute atomic E-state index is 0. The predicted octanol–water partition coefficient (Wildman–Crippen LogP) is -0.530. The zero-order valence-corrected chi connectivity index (χ0v) is 68.7. The number of hydrogen-bond donors (Lipinski definition) is 8. The summed E-state index contributed by atoms with van der Waals surface area (Å²) in [7, 11) is 14.9. The zero-order valence-electron chi connectivity index (χ0n) is 64.7. The molecule has 9 N–H and O–H groups in total. The Hall–Kier alpha value is -6.88. The summed E-state index contributed by atoms with van der Waals surface area (Å²) in [4.78, 5) is 121. The van der Waals surface area contributed by atoms with E-state index in [0.717, 1.165) is 17.7 Å². The number of nitrogens with two attached hydrogens (primary N) is 1. The van der Waals surface area contributed by atoms with Gasteiger partial charge in [0.15, 0.2) is 0 Å². The van der Waals surface area contributed by atoms with Crippen LogP contribution in [0.15, 0.2) is 50.1 Å². The lowest BCUT2D eigenvalue weighted by Gasteiger charge is -2.29. The van der Waals surface area contributed by atoms with Crippen molar-refractivity contribution in [1.29, 1.82) is 0 Å². The van der Waals surface area contributed by atoms with Gasteiger partial charge in [-0.3, -0.25) is 19.2 Å². The summed E-state index contributed by atoms with van der Waals surface area (Å²) in [5, 5.41) is 20.7. The highest BCUT2D eigenvalue weighted by atomic mass is 32.1. The first-order valence-corrected chi connectivity index (χ1v) is 32.7. The number of carbonyl (C=O) groups is 8. The van der Waals surface area contributed by atoms with Gasteiger partial charge >= 0.3 is 29.8 Å². The third kappa shape index (κ3) is 67.7. The minimum Gasteiger partial charge on any atom is -0.480 e. The molecule has 0 aromatic carbocycles. The quantitative estimate of drug-likeness (QED) is 0.00905. The molecule has 632 valence electrons. The molecule has 0 unspecified atom stereocenters. The average molecular weight is 1640 g/mol. The Morgan fingerprint density at radius 2 is 0.771 bits per heavy atom. The highest BCUT2D eigenvalue weighted by Crippen LogP contribution is 2.12. The van der Waals surface area contributed by atoms with Crippen LogP contribution in [0.3, 0.4) is 0 Å². The molecule has 4 atom stereocenters. The summed E-state index contributed by atoms with van der Waals surface area (Å²) in [6, 6.07) is -2.90. The van der Waals surface area contributed by atoms with E-state index in [9.17, 15) is 43.5 Å². The van der Waals surface area contributed by atoms with Gasteiger partial charge in [-0.15, -0.1) is 11.8 Å². The van der Waals surface area contributed by atoms with E-state index in [4.69, 9.17) is 72.4 Å². The standard InChI is InChI=1S/C17H29N3O7.C16H27N3O7.C12H21N3O4.C7H11N3O2.C5H10O4.C5H10O3.C4H6.4H2S/c1-23-6-8-26-5-4-20(16(21)12-27-9-7-24-2)15(17(22)25-3)10-14-11-18-13-19-14;1-23-5-7-25-4-3-19(15(20)11-26-8-6-24-2)14(16(21)22)9-13-10-17-12-18-13;1-17-5-6-19-4-3-14-11(12(16)18-2)7-10-8-13-9-15-10;1-12-7(11)6(8)2-5-3-9-4-10-5;1-8-2-3-9-4-5(6)7;1-7-4-5-8-3-2-6;1-3-4-2;;;;/h11,13,15H,4-10,12H2,1-3H3,(H,18,19);10,12,14H,3-9,11H2,1-2H3,(H,17,18)(H,21,22);8-9,11,14H,3-7H2,1-2H3,(H,13,15);3-4,6H,2,8H2,1H3,(H,9,10);2-4H2,1H3,(H,6,7);2H,3-5H2,1H3;1-2H3;4*1H2/t15-;14-;11-;6-;;;;;;;/m0000......./s1. The number of aromatic nitrogens is 8. The Morgan fingerprint density at radius 1 is 0.440 bits per heavy atom. The highest BCUT2D eigenvalue weighted by molar-refractivity contribution is 7.59. The molecule has 0 saturated heterocycles. The van der Waals surface area contributed by atoms with Gasteiger partial charge < -0.3 is 136 Å². The Bertz CT molecular complexity index is 2750. The van der Waals surface area contributed by atoms with Crippen molar-refractivity contribution >= 4 is 102 Å². The van der Waals surface area contributed by atoms with Crippen molar-refractivity contribution < 1.29 is 129 Å². The van der Waals surface area contributed by atoms with E-state index in [1.165, 1.54) is 64.2 Å². The van der Waals surface area contributed by atoms with Crippen LogP contribution >= 0.6 is 54.0 Å². The van der Waals surface area contributed by atoms with E-state index >= 15 is 0 Å². The maximum Gasteiger partial charge on any atom is 0.329 e. The fourth-order valence-electron chi connectivity index (χ4n) is 7.48. The number of nitrogens with one attached hydrogen (secondary N) is 5. The van der Waals surface area contributed by atoms with Gasteiger partial charge in [-0.1, -0.05) is 0 Å². The Balaban J connectivity index is -0.000000236. The highest BCUT2D eigenvalue weighted by Gasteiger charge is 2.32. The molecule has 0 radical (unpaired) electrons. The van der Waals surface area contributed by atoms with Crippen molar-refractivity contribution in [2.75, 3.05) is 229 Å². The number of aromatic amines is 4. The monoisotopic (exact) mass is 1640 g/mol. The molecule has 0 aliphatic rings. The van der Waals surface area contributed by atoms with E-state index in [1.807, 2.05) is 13.8 Å². The molecule has 0 spiro atoms. The van der Waals surface area contributed by atoms with Crippen molar-refractivity contribution in [3.63, 3.8) is 0 Å². The number of ether oxygens (including phenoxy) is 17. The number of methoxy groups -OCH3 is 10. The van der Waals surface area contributed by atoms with Crippen molar-refractivity contribution in [3.05, 3.63) is 72.9 Å². The van der Waals surface area contributed by atoms with Gasteiger partial charge in [0.2, 0.25) is 11.8 Å². The summed E-state index contributed by atoms with van der Waals surface area (Å²) in [6.07, 6.45) is 14.5. The van der Waals surface area contributed by atoms with Crippen LogP contribution in [0.1, 0.15) is 36.6 Å². The number of carboxylic acids is 2. The lowest BCUT2D eigenvalue weighted by molar-refractivity contribution is -0.155. The van der Waals surface area contributed by atoms with Crippen LogP contribution < -0.4 is 11.1 Å². The van der Waals surface area contributed by atoms with Gasteiger partial charge in [0.1, 0.15) is 56.9 Å². The molecule has 43 heteroatoms. The maximum absolute atomic E-state index is 12.7. The van der Waals surface area contributed by atoms with Crippen LogP contribution in [0, 0.1) is 11.8 Å². The third-order valence-corrected chi connectivity index (χ3v) is 12.8. The van der Waals surface area contributed by atoms with E-state index in [0.29, 0.717) is 117 Å². The number of amides is 2. The SMILES string of the molecule is CC#CC.COC(=O)[C@@H](N)Cc1cnc[nH]1.COCCOCC(=O)O.COCCOCC=O.COCCOCCN(C(=O)COCCOC)[C@@H](Cc1cnc[nH]1)C(=O)O.COCCOCCN(C(=O)COCCOC)[C@@H](Cc1cnc[nH]1)C(=O)OC.COCCOCCN[C@@H](Cc1cnc[nH]1)C(=O)OC.S.S.S.S. The molecular formula is C66H122N12O27S4. The number of nitrogens with zero attached hydrogens (tertiary/aromatic N) is 6. The molecule has 109 heavy (non-hydrogen) atoms. The summed E-state index contributed by atoms with van der Waals surface area (Å²) in [5.74, 6) is 1.30. The molecule has 0 aliphatic carbocycles. The lowest BCUT2D eigenvalue weighted by atomic mass is 10.1. The molecule has 39 nitrogen and oxygen atoms in total. The fourth-order valence-corrected chi connectivity index (χ4v) is 7.48. The second-order valence-electron chi connectivity index (χ2n) is 20.4. The number of aliphatic carboxylic acids is 2. The molecule has 4 aromatic heterocycles. The minimum atomic E-state index is -1.11. The van der Waals surface area contributed by atoms with Crippen molar-refractivity contribution in [2.45, 2.75) is 63.7 Å². The summed E-state index contributed by atoms with van der Waals surface area (Å²) >= 11 is 0. The largest absolute Gasteiger partial charge is 0.480 e. The number of esters is 3. The van der Waals surface area contributed by atoms with E-state index < -0.39 is 54.0 Å². The topological polar surface area (TPSA) is 493 Å². The van der Waals surface area contributed by atoms with Crippen LogP contribution in [0.5, 0.6) is 0 Å². The van der Waals surface area contributed by atoms with Crippen molar-refractivity contribution in [3.8, 4) is 11.8 Å². The van der Waals surface area contributed by atoms with Gasteiger partial charge in [-0.2, -0.15) is 54.0 Å². The summed E-state index contributed by atoms with van der Waals surface area (Å²) in [6.45, 7) is 10.8. The van der Waals surface area contributed by atoms with Gasteiger partial charge in [-0.05, 0) is 13.8 Å². The van der Waals surface area contributed by atoms with Crippen molar-refractivity contribution in [1.82, 2.24) is 55.0 Å². The molecule has 2 amide bonds. The number of rotatable bonds is 53. The summed E-state index contributed by atoms with van der Waals surface area (Å²) < 4.78 is 83.8. The number of hydrogen-bond acceptors (Lipinski definition) is 31. The molecule has 4 heterocycles. The van der Waals surface area contributed by atoms with Crippen LogP contribution in [0.4, 0.5) is 0 Å². The smallest absolute Gasteiger partial charge is 0.329 e. The molecule has 4 rings (SSSR count). The van der Waals surface area contributed by atoms with Crippen molar-refractivity contribution in [2.24, 2.45) is 5.73 Å². The fraction of sp³-hybridized carbons (Fsp3) is 0.667. The third-order valence-electron chi connectivity index (χ3n) is 12.8. The van der Waals surface area contributed by atoms with E-state index in [1.54, 1.807) is 66.8 Å². The number of carboxylic acid groups (broad SMARTS) is 2. The van der Waals surface area contributed by atoms with Crippen LogP contribution in [-0.2, 0) is 145 Å². The molecule has 0 bridgehead atoms. The molecule has 4 aromatic rings. The van der Waals surface area contributed by atoms with Crippen LogP contribution in [0.25, 0.3) is 0 Å². The van der Waals surface area contributed by atoms with E-state index in [-0.39, 0.29) is 145 Å². The Kier molecular flexibility index (Phi) is 90.1. The average Bonchev–Trinajstić information content (AvgIpc) is 1.85. The normalized spacial score (nSPS) is 10.9. The molecular weight excluding hydrogens is 1520 g/mol. The second-order valence-corrected chi connectivity index (χ2v) is 20.4. The number of aldehydes is 1. The number of H-pyrrole nitrogens is 4. The second kappa shape index (κ2) is 85.1.